The van der Waals surface area contributed by atoms with Crippen LogP contribution in [-0.2, 0) is 28.5 Å². The van der Waals surface area contributed by atoms with Crippen LogP contribution in [0.1, 0.15) is 29.3 Å². The van der Waals surface area contributed by atoms with E-state index in [1.54, 1.807) is 36.4 Å². The zero-order valence-electron chi connectivity index (χ0n) is 20.4. The minimum Gasteiger partial charge on any atom is -0.499 e. The van der Waals surface area contributed by atoms with E-state index >= 15 is 0 Å². The molecule has 1 fully saturated rings. The second-order valence-electron chi connectivity index (χ2n) is 8.45. The Kier molecular flexibility index (Phi) is 10.6. The molecule has 0 bridgehead atoms. The van der Waals surface area contributed by atoms with Crippen LogP contribution >= 0.6 is 0 Å². The second-order valence-corrected chi connectivity index (χ2v) is 8.45. The third-order valence-electron chi connectivity index (χ3n) is 5.70. The van der Waals surface area contributed by atoms with Crippen molar-refractivity contribution in [2.75, 3.05) is 33.2 Å². The molecule has 202 valence electrons. The fourth-order valence-electron chi connectivity index (χ4n) is 3.87. The van der Waals surface area contributed by atoms with Crippen LogP contribution in [0.5, 0.6) is 0 Å². The summed E-state index contributed by atoms with van der Waals surface area (Å²) < 4.78 is 21.9. The summed E-state index contributed by atoms with van der Waals surface area (Å²) in [5.41, 5.74) is 1.16. The van der Waals surface area contributed by atoms with Gasteiger partial charge in [0, 0.05) is 18.5 Å². The van der Waals surface area contributed by atoms with Gasteiger partial charge in [-0.3, -0.25) is 9.59 Å². The molecule has 37 heavy (non-hydrogen) atoms. The number of aliphatic hydroxyl groups excluding tert-OH is 3. The topological polar surface area (TPSA) is 173 Å². The van der Waals surface area contributed by atoms with Crippen LogP contribution in [0.15, 0.2) is 42.2 Å². The highest BCUT2D eigenvalue weighted by atomic mass is 16.7. The van der Waals surface area contributed by atoms with Crippen molar-refractivity contribution >= 4 is 23.9 Å². The standard InChI is InChI=1S/C25H32N2O10/c1-15(30)21(24(32)26-6-7-28)27-23(31)18-12-19-22(36-14-35-19)20(13-18)37-25(33)17-4-2-3-16(11-17)5-9-34-10-8-29/h2-5,9,11-12,15,19-22,28-30H,6-8,10,13-14H2,1H3,(H,26,32)(H,27,31)/t15-,19+,20+,21+,22+/m0/s1. The van der Waals surface area contributed by atoms with Gasteiger partial charge in [-0.1, -0.05) is 12.1 Å². The molecule has 3 rings (SSSR count). The van der Waals surface area contributed by atoms with Crippen molar-refractivity contribution in [3.63, 3.8) is 0 Å². The molecule has 0 unspecified atom stereocenters. The lowest BCUT2D eigenvalue weighted by molar-refractivity contribution is -0.130. The van der Waals surface area contributed by atoms with E-state index in [1.165, 1.54) is 13.2 Å². The Balaban J connectivity index is 1.69. The van der Waals surface area contributed by atoms with Crippen molar-refractivity contribution < 1.29 is 48.7 Å². The van der Waals surface area contributed by atoms with Crippen molar-refractivity contribution in [2.24, 2.45) is 0 Å². The van der Waals surface area contributed by atoms with E-state index in [2.05, 4.69) is 10.6 Å². The average molecular weight is 521 g/mol. The Morgan fingerprint density at radius 2 is 2.03 bits per heavy atom. The quantitative estimate of drug-likeness (QED) is 0.134. The number of esters is 1. The molecule has 1 heterocycles. The van der Waals surface area contributed by atoms with Crippen LogP contribution in [0.4, 0.5) is 0 Å². The predicted octanol–water partition coefficient (Wildman–Crippen LogP) is -0.763. The molecule has 1 aromatic rings. The molecular weight excluding hydrogens is 488 g/mol. The molecule has 1 aliphatic heterocycles. The smallest absolute Gasteiger partial charge is 0.338 e. The Morgan fingerprint density at radius 1 is 1.22 bits per heavy atom. The Hall–Kier alpha value is -3.29. The summed E-state index contributed by atoms with van der Waals surface area (Å²) in [5.74, 6) is -1.90. The van der Waals surface area contributed by atoms with Gasteiger partial charge in [0.2, 0.25) is 11.8 Å². The number of aliphatic hydroxyl groups is 3. The SMILES string of the molecule is C[C@H](O)[C@@H](NC(=O)C1=C[C@H]2OCO[C@H]2[C@H](OC(=O)c2cccc(C=COCCO)c2)C1)C(=O)NCCO. The minimum absolute atomic E-state index is 0.00147. The van der Waals surface area contributed by atoms with Gasteiger partial charge in [0.15, 0.2) is 0 Å². The highest BCUT2D eigenvalue weighted by Gasteiger charge is 2.43. The first kappa shape index (κ1) is 28.3. The highest BCUT2D eigenvalue weighted by Crippen LogP contribution is 2.31. The van der Waals surface area contributed by atoms with Crippen molar-refractivity contribution in [1.82, 2.24) is 10.6 Å². The lowest BCUT2D eigenvalue weighted by Crippen LogP contribution is -2.54. The molecule has 12 heteroatoms. The number of rotatable bonds is 12. The van der Waals surface area contributed by atoms with Crippen molar-refractivity contribution in [3.8, 4) is 0 Å². The molecule has 1 aliphatic carbocycles. The largest absolute Gasteiger partial charge is 0.499 e. The Bertz CT molecular complexity index is 1010. The van der Waals surface area contributed by atoms with Gasteiger partial charge in [0.05, 0.1) is 31.1 Å². The monoisotopic (exact) mass is 520 g/mol. The number of benzene rings is 1. The summed E-state index contributed by atoms with van der Waals surface area (Å²) in [4.78, 5) is 38.2. The fourth-order valence-corrected chi connectivity index (χ4v) is 3.87. The van der Waals surface area contributed by atoms with Gasteiger partial charge in [-0.15, -0.1) is 0 Å². The molecule has 1 saturated heterocycles. The van der Waals surface area contributed by atoms with Gasteiger partial charge in [-0.25, -0.2) is 4.79 Å². The molecule has 5 N–H and O–H groups in total. The van der Waals surface area contributed by atoms with Crippen molar-refractivity contribution in [1.29, 1.82) is 0 Å². The number of fused-ring (bicyclic) bond motifs is 1. The molecule has 2 aliphatic rings. The average Bonchev–Trinajstić information content (AvgIpc) is 3.37. The molecule has 5 atom stereocenters. The molecule has 12 nitrogen and oxygen atoms in total. The zero-order valence-corrected chi connectivity index (χ0v) is 20.4. The van der Waals surface area contributed by atoms with Gasteiger partial charge in [0.25, 0.3) is 0 Å². The van der Waals surface area contributed by atoms with Crippen molar-refractivity contribution in [3.05, 3.63) is 53.3 Å². The van der Waals surface area contributed by atoms with Crippen LogP contribution < -0.4 is 10.6 Å². The lowest BCUT2D eigenvalue weighted by Gasteiger charge is -2.31. The van der Waals surface area contributed by atoms with Crippen LogP contribution in [0, 0.1) is 0 Å². The molecule has 0 aromatic heterocycles. The third-order valence-corrected chi connectivity index (χ3v) is 5.70. The molecule has 0 radical (unpaired) electrons. The number of amides is 2. The first-order chi connectivity index (χ1) is 17.8. The van der Waals surface area contributed by atoms with Gasteiger partial charge in [-0.2, -0.15) is 0 Å². The Morgan fingerprint density at radius 3 is 2.76 bits per heavy atom. The van der Waals surface area contributed by atoms with E-state index in [0.29, 0.717) is 5.56 Å². The van der Waals surface area contributed by atoms with Gasteiger partial charge in [-0.05, 0) is 36.8 Å². The van der Waals surface area contributed by atoms with Gasteiger partial charge in [0.1, 0.15) is 37.8 Å². The number of carbonyl (C=O) groups excluding carboxylic acids is 3. The lowest BCUT2D eigenvalue weighted by atomic mass is 9.91. The normalized spacial score (nSPS) is 22.5. The predicted molar refractivity (Wildman–Crippen MR) is 129 cm³/mol. The summed E-state index contributed by atoms with van der Waals surface area (Å²) in [6.45, 7) is 1.04. The molecule has 0 saturated carbocycles. The Labute approximate surface area is 213 Å². The molecular formula is C25H32N2O10. The summed E-state index contributed by atoms with van der Waals surface area (Å²) in [6, 6.07) is 5.38. The zero-order chi connectivity index (χ0) is 26.8. The molecule has 1 aromatic carbocycles. The number of hydrogen-bond donors (Lipinski definition) is 5. The van der Waals surface area contributed by atoms with E-state index in [1.807, 2.05) is 0 Å². The highest BCUT2D eigenvalue weighted by molar-refractivity contribution is 5.97. The van der Waals surface area contributed by atoms with Crippen molar-refractivity contribution in [2.45, 2.75) is 43.8 Å². The fraction of sp³-hybridized carbons (Fsp3) is 0.480. The second kappa shape index (κ2) is 13.9. The van der Waals surface area contributed by atoms with Crippen LogP contribution in [0.25, 0.3) is 6.08 Å². The first-order valence-electron chi connectivity index (χ1n) is 11.9. The number of nitrogens with one attached hydrogen (secondary N) is 2. The van der Waals surface area contributed by atoms with E-state index in [0.717, 1.165) is 0 Å². The summed E-state index contributed by atoms with van der Waals surface area (Å²) in [7, 11) is 0. The molecule has 0 spiro atoms. The maximum Gasteiger partial charge on any atom is 0.338 e. The summed E-state index contributed by atoms with van der Waals surface area (Å²) in [5, 5.41) is 32.6. The third kappa shape index (κ3) is 7.84. The maximum absolute atomic E-state index is 13.0. The van der Waals surface area contributed by atoms with Crippen LogP contribution in [0.2, 0.25) is 0 Å². The van der Waals surface area contributed by atoms with Crippen LogP contribution in [-0.4, -0.2) is 96.7 Å². The van der Waals surface area contributed by atoms with E-state index in [4.69, 9.17) is 29.2 Å². The first-order valence-corrected chi connectivity index (χ1v) is 11.9. The maximum atomic E-state index is 13.0. The summed E-state index contributed by atoms with van der Waals surface area (Å²) >= 11 is 0. The molecule has 2 amide bonds. The summed E-state index contributed by atoms with van der Waals surface area (Å²) in [6.07, 6.45) is 1.31. The van der Waals surface area contributed by atoms with Crippen LogP contribution in [0.3, 0.4) is 0 Å². The number of ether oxygens (including phenoxy) is 4. The number of carbonyl (C=O) groups is 3. The van der Waals surface area contributed by atoms with E-state index in [-0.39, 0.29) is 50.7 Å². The van der Waals surface area contributed by atoms with Gasteiger partial charge >= 0.3 is 5.97 Å². The minimum atomic E-state index is -1.25. The van der Waals surface area contributed by atoms with E-state index in [9.17, 15) is 19.5 Å². The number of hydrogen-bond acceptors (Lipinski definition) is 10. The van der Waals surface area contributed by atoms with E-state index < -0.39 is 48.2 Å². The van der Waals surface area contributed by atoms with Gasteiger partial charge < -0.3 is 44.9 Å².